The van der Waals surface area contributed by atoms with Crippen molar-refractivity contribution in [3.63, 3.8) is 0 Å². The lowest BCUT2D eigenvalue weighted by Gasteiger charge is -2.17. The lowest BCUT2D eigenvalue weighted by molar-refractivity contribution is -0.142. The summed E-state index contributed by atoms with van der Waals surface area (Å²) in [5.41, 5.74) is 0.381. The summed E-state index contributed by atoms with van der Waals surface area (Å²) in [6.45, 7) is 1.42. The number of amides is 2. The van der Waals surface area contributed by atoms with Gasteiger partial charge in [0.2, 0.25) is 18.2 Å². The predicted molar refractivity (Wildman–Crippen MR) is 87.1 cm³/mol. The summed E-state index contributed by atoms with van der Waals surface area (Å²) in [6.07, 6.45) is -3.87. The van der Waals surface area contributed by atoms with Crippen LogP contribution in [0.4, 0.5) is 18.9 Å². The highest BCUT2D eigenvalue weighted by Gasteiger charge is 2.26. The van der Waals surface area contributed by atoms with E-state index in [4.69, 9.17) is 5.11 Å². The minimum absolute atomic E-state index is 0.126. The van der Waals surface area contributed by atoms with E-state index in [1.807, 2.05) is 5.32 Å². The molecule has 0 aliphatic carbocycles. The molecule has 0 saturated heterocycles. The maximum absolute atomic E-state index is 12.8. The van der Waals surface area contributed by atoms with E-state index in [2.05, 4.69) is 5.32 Å². The van der Waals surface area contributed by atoms with Gasteiger partial charge in [0.1, 0.15) is 11.9 Å². The largest absolute Gasteiger partial charge is 0.480 e. The number of benzene rings is 1. The van der Waals surface area contributed by atoms with E-state index >= 15 is 0 Å². The molecule has 0 fully saturated rings. The number of rotatable bonds is 9. The van der Waals surface area contributed by atoms with Gasteiger partial charge in [0.15, 0.2) is 0 Å². The standard InChI is InChI=1S/C15H17F3N2O4S/c1-8(14(22)20-11(15(23)24)6-12(17)18)25-7-13(21)19-10-4-2-9(16)3-5-10/h2-5,8,11-12H,6-7H2,1H3,(H,19,21)(H,20,22)(H,23,24). The molecule has 0 aliphatic rings. The molecule has 0 radical (unpaired) electrons. The summed E-state index contributed by atoms with van der Waals surface area (Å²) in [6, 6.07) is 3.40. The molecule has 0 aliphatic heterocycles. The average Bonchev–Trinajstić information content (AvgIpc) is 2.53. The van der Waals surface area contributed by atoms with Crippen molar-refractivity contribution in [3.8, 4) is 0 Å². The number of alkyl halides is 2. The molecule has 0 saturated carbocycles. The molecule has 2 amide bonds. The van der Waals surface area contributed by atoms with Gasteiger partial charge in [0.25, 0.3) is 0 Å². The van der Waals surface area contributed by atoms with Crippen LogP contribution in [0.1, 0.15) is 13.3 Å². The number of aliphatic carboxylic acids is 1. The number of nitrogens with one attached hydrogen (secondary N) is 2. The zero-order valence-electron chi connectivity index (χ0n) is 13.2. The highest BCUT2D eigenvalue weighted by Crippen LogP contribution is 2.14. The van der Waals surface area contributed by atoms with Crippen molar-refractivity contribution >= 4 is 35.2 Å². The molecule has 0 heterocycles. The van der Waals surface area contributed by atoms with Crippen LogP contribution in [0.15, 0.2) is 24.3 Å². The number of carboxylic acid groups (broad SMARTS) is 1. The van der Waals surface area contributed by atoms with Crippen molar-refractivity contribution in [2.45, 2.75) is 31.1 Å². The minimum atomic E-state index is -2.87. The van der Waals surface area contributed by atoms with Crippen LogP contribution in [0, 0.1) is 5.82 Å². The van der Waals surface area contributed by atoms with Crippen LogP contribution in [0.5, 0.6) is 0 Å². The summed E-state index contributed by atoms with van der Waals surface area (Å²) < 4.78 is 37.3. The Labute approximate surface area is 146 Å². The summed E-state index contributed by atoms with van der Waals surface area (Å²) in [7, 11) is 0. The molecule has 1 aromatic rings. The molecule has 1 aromatic carbocycles. The predicted octanol–water partition coefficient (Wildman–Crippen LogP) is 2.11. The molecule has 0 aromatic heterocycles. The number of halogens is 3. The molecule has 25 heavy (non-hydrogen) atoms. The van der Waals surface area contributed by atoms with Gasteiger partial charge in [-0.25, -0.2) is 18.0 Å². The van der Waals surface area contributed by atoms with Crippen LogP contribution in [0.2, 0.25) is 0 Å². The quantitative estimate of drug-likeness (QED) is 0.612. The highest BCUT2D eigenvalue weighted by atomic mass is 32.2. The van der Waals surface area contributed by atoms with Gasteiger partial charge >= 0.3 is 5.97 Å². The van der Waals surface area contributed by atoms with Gasteiger partial charge in [0, 0.05) is 12.1 Å². The Bertz CT molecular complexity index is 613. The third-order valence-corrected chi connectivity index (χ3v) is 4.13. The van der Waals surface area contributed by atoms with Crippen molar-refractivity contribution in [2.24, 2.45) is 0 Å². The summed E-state index contributed by atoms with van der Waals surface area (Å²) in [5.74, 6) is -3.33. The molecule has 138 valence electrons. The fourth-order valence-corrected chi connectivity index (χ4v) is 2.39. The van der Waals surface area contributed by atoms with Crippen LogP contribution in [-0.4, -0.2) is 46.4 Å². The molecule has 1 rings (SSSR count). The van der Waals surface area contributed by atoms with E-state index < -0.39 is 47.7 Å². The second-order valence-electron chi connectivity index (χ2n) is 5.03. The molecular weight excluding hydrogens is 361 g/mol. The summed E-state index contributed by atoms with van der Waals surface area (Å²) in [5, 5.41) is 12.5. The fraction of sp³-hybridized carbons (Fsp3) is 0.400. The molecule has 2 atom stereocenters. The van der Waals surface area contributed by atoms with Gasteiger partial charge in [0.05, 0.1) is 11.0 Å². The number of carboxylic acids is 1. The Morgan fingerprint density at radius 2 is 1.80 bits per heavy atom. The number of hydrogen-bond acceptors (Lipinski definition) is 4. The molecule has 3 N–H and O–H groups in total. The number of thioether (sulfide) groups is 1. The molecular formula is C15H17F3N2O4S. The van der Waals surface area contributed by atoms with Gasteiger partial charge in [-0.1, -0.05) is 0 Å². The SMILES string of the molecule is CC(SCC(=O)Nc1ccc(F)cc1)C(=O)NC(CC(F)F)C(=O)O. The third-order valence-electron chi connectivity index (χ3n) is 2.99. The molecule has 6 nitrogen and oxygen atoms in total. The number of anilines is 1. The molecule has 0 bridgehead atoms. The van der Waals surface area contributed by atoms with Crippen molar-refractivity contribution < 1.29 is 32.7 Å². The Hall–Kier alpha value is -2.23. The van der Waals surface area contributed by atoms with Gasteiger partial charge in [-0.05, 0) is 31.2 Å². The topological polar surface area (TPSA) is 95.5 Å². The van der Waals surface area contributed by atoms with E-state index in [1.165, 1.54) is 31.2 Å². The van der Waals surface area contributed by atoms with E-state index in [1.54, 1.807) is 0 Å². The van der Waals surface area contributed by atoms with Crippen molar-refractivity contribution in [1.29, 1.82) is 0 Å². The monoisotopic (exact) mass is 378 g/mol. The highest BCUT2D eigenvalue weighted by molar-refractivity contribution is 8.01. The van der Waals surface area contributed by atoms with Gasteiger partial charge in [-0.3, -0.25) is 9.59 Å². The first kappa shape index (κ1) is 20.8. The van der Waals surface area contributed by atoms with E-state index in [0.717, 1.165) is 11.8 Å². The smallest absolute Gasteiger partial charge is 0.326 e. The normalized spacial score (nSPS) is 13.2. The number of carbonyl (C=O) groups is 3. The first-order valence-corrected chi connectivity index (χ1v) is 8.22. The number of hydrogen-bond donors (Lipinski definition) is 3. The zero-order valence-corrected chi connectivity index (χ0v) is 14.0. The minimum Gasteiger partial charge on any atom is -0.480 e. The first-order chi connectivity index (χ1) is 11.7. The first-order valence-electron chi connectivity index (χ1n) is 7.17. The second-order valence-corrected chi connectivity index (χ2v) is 6.36. The Kier molecular flexibility index (Phi) is 8.26. The van der Waals surface area contributed by atoms with Gasteiger partial charge < -0.3 is 15.7 Å². The van der Waals surface area contributed by atoms with Crippen molar-refractivity contribution in [2.75, 3.05) is 11.1 Å². The van der Waals surface area contributed by atoms with Crippen LogP contribution in [-0.2, 0) is 14.4 Å². The number of carbonyl (C=O) groups excluding carboxylic acids is 2. The van der Waals surface area contributed by atoms with Gasteiger partial charge in [-0.2, -0.15) is 0 Å². The molecule has 10 heteroatoms. The fourth-order valence-electron chi connectivity index (χ4n) is 1.70. The van der Waals surface area contributed by atoms with Gasteiger partial charge in [-0.15, -0.1) is 11.8 Å². The van der Waals surface area contributed by atoms with E-state index in [9.17, 15) is 27.6 Å². The Morgan fingerprint density at radius 3 is 2.32 bits per heavy atom. The Balaban J connectivity index is 2.44. The summed E-state index contributed by atoms with van der Waals surface area (Å²) >= 11 is 0.909. The van der Waals surface area contributed by atoms with Crippen molar-refractivity contribution in [3.05, 3.63) is 30.1 Å². The lowest BCUT2D eigenvalue weighted by Crippen LogP contribution is -2.45. The molecule has 2 unspecified atom stereocenters. The third kappa shape index (κ3) is 7.92. The van der Waals surface area contributed by atoms with Crippen molar-refractivity contribution in [1.82, 2.24) is 5.32 Å². The average molecular weight is 378 g/mol. The zero-order chi connectivity index (χ0) is 19.0. The van der Waals surface area contributed by atoms with E-state index in [-0.39, 0.29) is 5.75 Å². The van der Waals surface area contributed by atoms with Crippen LogP contribution in [0.25, 0.3) is 0 Å². The van der Waals surface area contributed by atoms with E-state index in [0.29, 0.717) is 5.69 Å². The maximum atomic E-state index is 12.8. The summed E-state index contributed by atoms with van der Waals surface area (Å²) in [4.78, 5) is 34.4. The maximum Gasteiger partial charge on any atom is 0.326 e. The lowest BCUT2D eigenvalue weighted by atomic mass is 10.2. The van der Waals surface area contributed by atoms with Crippen LogP contribution < -0.4 is 10.6 Å². The Morgan fingerprint density at radius 1 is 1.20 bits per heavy atom. The van der Waals surface area contributed by atoms with Crippen LogP contribution in [0.3, 0.4) is 0 Å². The van der Waals surface area contributed by atoms with Crippen LogP contribution >= 0.6 is 11.8 Å². The second kappa shape index (κ2) is 9.92. The molecule has 0 spiro atoms.